The molecule has 1 fully saturated rings. The number of halogens is 1. The number of aliphatic hydroxyl groups is 1. The highest BCUT2D eigenvalue weighted by atomic mass is 32.2. The summed E-state index contributed by atoms with van der Waals surface area (Å²) < 4.78 is 31.8. The van der Waals surface area contributed by atoms with E-state index < -0.39 is 17.7 Å². The molecule has 0 aliphatic carbocycles. The lowest BCUT2D eigenvalue weighted by molar-refractivity contribution is -0.132. The number of nitrogens with zero attached hydrogens (tertiary/aromatic N) is 3. The van der Waals surface area contributed by atoms with Crippen molar-refractivity contribution in [1.82, 2.24) is 10.2 Å². The van der Waals surface area contributed by atoms with Crippen molar-refractivity contribution in [3.05, 3.63) is 94.3 Å². The van der Waals surface area contributed by atoms with Gasteiger partial charge in [0.15, 0.2) is 15.8 Å². The van der Waals surface area contributed by atoms with Crippen LogP contribution in [0.15, 0.2) is 70.6 Å². The molecular weight excluding hydrogens is 654 g/mol. The molecule has 2 aliphatic heterocycles. The van der Waals surface area contributed by atoms with Gasteiger partial charge in [0.25, 0.3) is 5.78 Å². The Bertz CT molecular complexity index is 1860. The van der Waals surface area contributed by atoms with E-state index in [0.29, 0.717) is 58.3 Å². The van der Waals surface area contributed by atoms with Crippen LogP contribution in [-0.2, 0) is 21.8 Å². The van der Waals surface area contributed by atoms with Gasteiger partial charge in [0.1, 0.15) is 23.4 Å². The van der Waals surface area contributed by atoms with Crippen molar-refractivity contribution in [3.8, 4) is 17.2 Å². The maximum atomic E-state index is 13.8. The number of aliphatic hydroxyl groups excluding tert-OH is 1. The van der Waals surface area contributed by atoms with Crippen molar-refractivity contribution in [3.63, 3.8) is 0 Å². The first-order valence-electron chi connectivity index (χ1n) is 15.8. The second-order valence-corrected chi connectivity index (χ2v) is 14.2. The number of fused-ring (bicyclic) bond motifs is 1. The van der Waals surface area contributed by atoms with Crippen molar-refractivity contribution < 1.29 is 33.3 Å². The predicted octanol–water partition coefficient (Wildman–Crippen LogP) is 7.74. The van der Waals surface area contributed by atoms with E-state index in [4.69, 9.17) is 14.2 Å². The molecule has 250 valence electrons. The van der Waals surface area contributed by atoms with Crippen LogP contribution in [0.3, 0.4) is 0 Å². The number of benzene rings is 3. The van der Waals surface area contributed by atoms with E-state index in [2.05, 4.69) is 24.0 Å². The number of aromatic nitrogens is 2. The molecule has 0 bridgehead atoms. The first-order chi connectivity index (χ1) is 23.1. The Morgan fingerprint density at radius 2 is 1.88 bits per heavy atom. The molecule has 0 saturated carbocycles. The largest absolute Gasteiger partial charge is 0.507 e. The monoisotopic (exact) mass is 689 g/mol. The van der Waals surface area contributed by atoms with Gasteiger partial charge in [-0.05, 0) is 85.3 Å². The minimum Gasteiger partial charge on any atom is -0.507 e. The maximum absolute atomic E-state index is 13.8. The topological polar surface area (TPSA) is 111 Å². The summed E-state index contributed by atoms with van der Waals surface area (Å²) in [5.41, 5.74) is 2.67. The Hall–Kier alpha value is -4.42. The summed E-state index contributed by atoms with van der Waals surface area (Å²) in [6, 6.07) is 15.7. The average molecular weight is 690 g/mol. The van der Waals surface area contributed by atoms with Gasteiger partial charge in [-0.15, -0.1) is 10.2 Å². The third kappa shape index (κ3) is 7.05. The molecule has 1 saturated heterocycles. The fourth-order valence-corrected chi connectivity index (χ4v) is 7.46. The molecule has 2 atom stereocenters. The third-order valence-electron chi connectivity index (χ3n) is 8.03. The minimum atomic E-state index is -1.03. The summed E-state index contributed by atoms with van der Waals surface area (Å²) in [6.07, 6.45) is 1.51. The van der Waals surface area contributed by atoms with E-state index in [0.717, 1.165) is 34.6 Å². The van der Waals surface area contributed by atoms with Gasteiger partial charge in [0.05, 0.1) is 24.8 Å². The quantitative estimate of drug-likeness (QED) is 0.0525. The number of Topliss-reactive ketones (excluding diaryl/α,β-unsaturated/α-hetero) is 1. The zero-order valence-electron chi connectivity index (χ0n) is 27.1. The van der Waals surface area contributed by atoms with E-state index in [1.54, 1.807) is 48.5 Å². The number of amides is 1. The summed E-state index contributed by atoms with van der Waals surface area (Å²) in [5.74, 6) is 0.408. The molecule has 3 aromatic carbocycles. The lowest BCUT2D eigenvalue weighted by Gasteiger charge is -2.24. The summed E-state index contributed by atoms with van der Waals surface area (Å²) in [4.78, 5) is 28.9. The number of hydrogen-bond donors (Lipinski definition) is 1. The highest BCUT2D eigenvalue weighted by Gasteiger charge is 2.48. The molecular formula is C36H36FN3O6S2. The van der Waals surface area contributed by atoms with Gasteiger partial charge in [-0.25, -0.2) is 4.39 Å². The fraction of sp³-hybridized carbons (Fsp3) is 0.333. The van der Waals surface area contributed by atoms with Gasteiger partial charge in [-0.3, -0.25) is 14.5 Å². The Morgan fingerprint density at radius 3 is 2.62 bits per heavy atom. The van der Waals surface area contributed by atoms with Gasteiger partial charge in [0.2, 0.25) is 5.13 Å². The highest BCUT2D eigenvalue weighted by Crippen LogP contribution is 2.46. The Morgan fingerprint density at radius 1 is 1.08 bits per heavy atom. The number of ketones is 1. The Kier molecular flexibility index (Phi) is 10.0. The molecule has 12 heteroatoms. The molecule has 9 nitrogen and oxygen atoms in total. The van der Waals surface area contributed by atoms with Gasteiger partial charge in [-0.2, -0.15) is 0 Å². The molecule has 6 rings (SSSR count). The normalized spacial score (nSPS) is 18.3. The zero-order valence-corrected chi connectivity index (χ0v) is 28.7. The number of ether oxygens (including phenoxy) is 3. The number of anilines is 1. The van der Waals surface area contributed by atoms with E-state index >= 15 is 0 Å². The third-order valence-corrected chi connectivity index (χ3v) is 10.2. The summed E-state index contributed by atoms with van der Waals surface area (Å²) >= 11 is 2.54. The molecule has 4 aromatic rings. The van der Waals surface area contributed by atoms with Crippen molar-refractivity contribution in [2.45, 2.75) is 62.8 Å². The van der Waals surface area contributed by atoms with Crippen molar-refractivity contribution in [2.75, 3.05) is 18.1 Å². The smallest absolute Gasteiger partial charge is 0.301 e. The van der Waals surface area contributed by atoms with E-state index in [-0.39, 0.29) is 28.4 Å². The number of carbonyl (C=O) groups excluding carboxylic acids is 2. The van der Waals surface area contributed by atoms with Crippen LogP contribution in [0.4, 0.5) is 9.52 Å². The number of rotatable bonds is 12. The summed E-state index contributed by atoms with van der Waals surface area (Å²) in [7, 11) is 0. The van der Waals surface area contributed by atoms with Crippen LogP contribution in [0, 0.1) is 11.7 Å². The number of carbonyl (C=O) groups is 2. The van der Waals surface area contributed by atoms with Crippen LogP contribution >= 0.6 is 23.1 Å². The van der Waals surface area contributed by atoms with Gasteiger partial charge >= 0.3 is 5.91 Å². The van der Waals surface area contributed by atoms with Crippen LogP contribution in [-0.4, -0.2) is 46.3 Å². The Balaban J connectivity index is 1.40. The molecule has 2 aliphatic rings. The molecule has 1 amide bonds. The van der Waals surface area contributed by atoms with Crippen LogP contribution in [0.2, 0.25) is 0 Å². The second-order valence-electron chi connectivity index (χ2n) is 12.1. The average Bonchev–Trinajstić information content (AvgIpc) is 3.75. The van der Waals surface area contributed by atoms with Gasteiger partial charge in [0, 0.05) is 17.7 Å². The molecule has 0 spiro atoms. The molecule has 3 heterocycles. The van der Waals surface area contributed by atoms with Crippen molar-refractivity contribution in [2.24, 2.45) is 5.92 Å². The Labute approximate surface area is 286 Å². The zero-order chi connectivity index (χ0) is 33.9. The molecule has 1 aromatic heterocycles. The second kappa shape index (κ2) is 14.4. The van der Waals surface area contributed by atoms with Crippen LogP contribution in [0.1, 0.15) is 62.4 Å². The van der Waals surface area contributed by atoms with Crippen LogP contribution in [0.5, 0.6) is 17.2 Å². The lowest BCUT2D eigenvalue weighted by Crippen LogP contribution is -2.29. The maximum Gasteiger partial charge on any atom is 0.301 e. The van der Waals surface area contributed by atoms with Crippen molar-refractivity contribution in [1.29, 1.82) is 0 Å². The molecule has 2 unspecified atom stereocenters. The van der Waals surface area contributed by atoms with Crippen LogP contribution in [0.25, 0.3) is 5.76 Å². The SMILES string of the molecule is CCOc1cc(C2/C(=C(/O)c3ccc4c(c3)CC(C)O4)C(=O)C(=O)N2c2nnc(SCc3ccc(F)cc3)s2)ccc1OCCC(C)C. The first-order valence-corrected chi connectivity index (χ1v) is 17.6. The molecule has 1 N–H and O–H groups in total. The van der Waals surface area contributed by atoms with E-state index in [1.807, 2.05) is 13.8 Å². The van der Waals surface area contributed by atoms with Gasteiger partial charge < -0.3 is 19.3 Å². The standard InChI is InChI=1S/C36H36FN3O6S2/c1-5-44-29-18-23(8-13-28(29)45-15-14-20(2)3)31-30(32(41)24-9-12-27-25(17-24)16-21(4)46-27)33(42)34(43)40(31)35-38-39-36(48-35)47-19-22-6-10-26(37)11-7-22/h6-13,17-18,20-21,31,41H,5,14-16,19H2,1-4H3/b32-30-. The van der Waals surface area contributed by atoms with E-state index in [9.17, 15) is 19.1 Å². The van der Waals surface area contributed by atoms with Crippen molar-refractivity contribution >= 4 is 45.7 Å². The lowest BCUT2D eigenvalue weighted by atomic mass is 9.94. The van der Waals surface area contributed by atoms with Crippen LogP contribution < -0.4 is 19.1 Å². The number of thioether (sulfide) groups is 1. The van der Waals surface area contributed by atoms with Gasteiger partial charge in [-0.1, -0.05) is 55.1 Å². The summed E-state index contributed by atoms with van der Waals surface area (Å²) in [6.45, 7) is 8.93. The predicted molar refractivity (Wildman–Crippen MR) is 183 cm³/mol. The molecule has 0 radical (unpaired) electrons. The minimum absolute atomic E-state index is 0.00578. The fourth-order valence-electron chi connectivity index (χ4n) is 5.64. The molecule has 48 heavy (non-hydrogen) atoms. The summed E-state index contributed by atoms with van der Waals surface area (Å²) in [5, 5.41) is 20.5. The number of hydrogen-bond acceptors (Lipinski definition) is 10. The highest BCUT2D eigenvalue weighted by molar-refractivity contribution is 8.00. The van der Waals surface area contributed by atoms with E-state index in [1.165, 1.54) is 28.8 Å². The first kappa shape index (κ1) is 33.5.